The van der Waals surface area contributed by atoms with Gasteiger partial charge in [0.15, 0.2) is 0 Å². The van der Waals surface area contributed by atoms with Gasteiger partial charge in [0, 0.05) is 13.0 Å². The Labute approximate surface area is 54.3 Å². The van der Waals surface area contributed by atoms with Crippen LogP contribution < -0.4 is 5.32 Å². The van der Waals surface area contributed by atoms with Gasteiger partial charge in [-0.25, -0.2) is 0 Å². The van der Waals surface area contributed by atoms with Crippen LogP contribution in [-0.4, -0.2) is 32.1 Å². The lowest BCUT2D eigenvalue weighted by atomic mass is 10.3. The van der Waals surface area contributed by atoms with Crippen LogP contribution in [0.5, 0.6) is 0 Å². The SMILES string of the molecule is C1COC(CC2CO2)N1. The van der Waals surface area contributed by atoms with Crippen molar-refractivity contribution in [3.05, 3.63) is 0 Å². The normalized spacial score (nSPS) is 41.3. The van der Waals surface area contributed by atoms with Crippen molar-refractivity contribution in [3.8, 4) is 0 Å². The topological polar surface area (TPSA) is 33.8 Å². The summed E-state index contributed by atoms with van der Waals surface area (Å²) in [6.07, 6.45) is 1.79. The van der Waals surface area contributed by atoms with Crippen molar-refractivity contribution in [2.75, 3.05) is 19.8 Å². The first-order chi connectivity index (χ1) is 4.45. The summed E-state index contributed by atoms with van der Waals surface area (Å²) in [5.74, 6) is 0. The molecule has 2 saturated heterocycles. The number of nitrogens with one attached hydrogen (secondary N) is 1. The van der Waals surface area contributed by atoms with E-state index in [0.29, 0.717) is 6.10 Å². The van der Waals surface area contributed by atoms with Gasteiger partial charge in [-0.05, 0) is 0 Å². The fourth-order valence-corrected chi connectivity index (χ4v) is 1.07. The summed E-state index contributed by atoms with van der Waals surface area (Å²) in [6, 6.07) is 0. The molecule has 2 fully saturated rings. The molecule has 0 aromatic carbocycles. The molecule has 52 valence electrons. The van der Waals surface area contributed by atoms with Crippen LogP contribution in [0, 0.1) is 0 Å². The lowest BCUT2D eigenvalue weighted by Crippen LogP contribution is -2.24. The Hall–Kier alpha value is -0.120. The molecule has 2 rings (SSSR count). The maximum absolute atomic E-state index is 5.31. The number of hydrogen-bond acceptors (Lipinski definition) is 3. The fraction of sp³-hybridized carbons (Fsp3) is 1.00. The first-order valence-corrected chi connectivity index (χ1v) is 3.42. The molecular formula is C6H11NO2. The van der Waals surface area contributed by atoms with Gasteiger partial charge in [-0.1, -0.05) is 0 Å². The van der Waals surface area contributed by atoms with E-state index in [1.54, 1.807) is 0 Å². The molecule has 1 N–H and O–H groups in total. The predicted molar refractivity (Wildman–Crippen MR) is 32.1 cm³/mol. The minimum atomic E-state index is 0.275. The van der Waals surface area contributed by atoms with Crippen LogP contribution in [0.4, 0.5) is 0 Å². The second-order valence-corrected chi connectivity index (χ2v) is 2.50. The largest absolute Gasteiger partial charge is 0.373 e. The van der Waals surface area contributed by atoms with E-state index in [2.05, 4.69) is 5.32 Å². The van der Waals surface area contributed by atoms with Crippen LogP contribution >= 0.6 is 0 Å². The third kappa shape index (κ3) is 1.41. The minimum absolute atomic E-state index is 0.275. The van der Waals surface area contributed by atoms with Gasteiger partial charge >= 0.3 is 0 Å². The van der Waals surface area contributed by atoms with Gasteiger partial charge in [0.25, 0.3) is 0 Å². The highest BCUT2D eigenvalue weighted by Crippen LogP contribution is 2.17. The lowest BCUT2D eigenvalue weighted by molar-refractivity contribution is 0.0871. The van der Waals surface area contributed by atoms with E-state index in [4.69, 9.17) is 9.47 Å². The van der Waals surface area contributed by atoms with Gasteiger partial charge in [-0.2, -0.15) is 0 Å². The highest BCUT2D eigenvalue weighted by atomic mass is 16.6. The summed E-state index contributed by atoms with van der Waals surface area (Å²) >= 11 is 0. The maximum Gasteiger partial charge on any atom is 0.110 e. The van der Waals surface area contributed by atoms with Crippen molar-refractivity contribution >= 4 is 0 Å². The van der Waals surface area contributed by atoms with E-state index in [9.17, 15) is 0 Å². The molecule has 0 aromatic rings. The Bertz CT molecular complexity index is 97.2. The summed E-state index contributed by atoms with van der Waals surface area (Å²) in [4.78, 5) is 0. The summed E-state index contributed by atoms with van der Waals surface area (Å²) in [5, 5.41) is 3.23. The molecule has 3 nitrogen and oxygen atoms in total. The van der Waals surface area contributed by atoms with Crippen LogP contribution in [-0.2, 0) is 9.47 Å². The molecular weight excluding hydrogens is 118 g/mol. The van der Waals surface area contributed by atoms with Gasteiger partial charge in [-0.3, -0.25) is 5.32 Å². The molecule has 0 bridgehead atoms. The number of hydrogen-bond donors (Lipinski definition) is 1. The first kappa shape index (κ1) is 5.65. The molecule has 0 saturated carbocycles. The van der Waals surface area contributed by atoms with Gasteiger partial charge in [0.1, 0.15) is 6.23 Å². The van der Waals surface area contributed by atoms with Crippen LogP contribution in [0.2, 0.25) is 0 Å². The second kappa shape index (κ2) is 2.25. The van der Waals surface area contributed by atoms with E-state index in [0.717, 1.165) is 26.2 Å². The molecule has 2 aliphatic rings. The van der Waals surface area contributed by atoms with Gasteiger partial charge in [0.05, 0.1) is 19.3 Å². The third-order valence-corrected chi connectivity index (χ3v) is 1.67. The number of epoxide rings is 1. The van der Waals surface area contributed by atoms with E-state index in [-0.39, 0.29) is 6.23 Å². The van der Waals surface area contributed by atoms with E-state index in [1.807, 2.05) is 0 Å². The van der Waals surface area contributed by atoms with Crippen molar-refractivity contribution in [2.45, 2.75) is 18.8 Å². The molecule has 0 spiro atoms. The second-order valence-electron chi connectivity index (χ2n) is 2.50. The highest BCUT2D eigenvalue weighted by molar-refractivity contribution is 4.75. The molecule has 0 radical (unpaired) electrons. The molecule has 3 heteroatoms. The Balaban J connectivity index is 1.70. The third-order valence-electron chi connectivity index (χ3n) is 1.67. The van der Waals surface area contributed by atoms with Crippen LogP contribution in [0.3, 0.4) is 0 Å². The van der Waals surface area contributed by atoms with Gasteiger partial charge < -0.3 is 9.47 Å². The predicted octanol–water partition coefficient (Wildman–Crippen LogP) is -0.279. The Morgan fingerprint density at radius 1 is 1.44 bits per heavy atom. The standard InChI is InChI=1S/C6H11NO2/c1-2-8-6(7-1)3-5-4-9-5/h5-7H,1-4H2. The zero-order chi connectivity index (χ0) is 6.10. The molecule has 0 aromatic heterocycles. The summed E-state index contributed by atoms with van der Waals surface area (Å²) in [7, 11) is 0. The Kier molecular flexibility index (Phi) is 1.41. The zero-order valence-corrected chi connectivity index (χ0v) is 5.30. The smallest absolute Gasteiger partial charge is 0.110 e. The average molecular weight is 129 g/mol. The fourth-order valence-electron chi connectivity index (χ4n) is 1.07. The van der Waals surface area contributed by atoms with E-state index < -0.39 is 0 Å². The average Bonchev–Trinajstić information content (AvgIpc) is 2.46. The molecule has 2 heterocycles. The van der Waals surface area contributed by atoms with E-state index in [1.165, 1.54) is 0 Å². The van der Waals surface area contributed by atoms with Gasteiger partial charge in [0.2, 0.25) is 0 Å². The van der Waals surface area contributed by atoms with Crippen molar-refractivity contribution in [3.63, 3.8) is 0 Å². The summed E-state index contributed by atoms with van der Waals surface area (Å²) in [5.41, 5.74) is 0. The Morgan fingerprint density at radius 3 is 2.89 bits per heavy atom. The molecule has 2 unspecified atom stereocenters. The quantitative estimate of drug-likeness (QED) is 0.521. The van der Waals surface area contributed by atoms with Crippen LogP contribution in [0.15, 0.2) is 0 Å². The molecule has 9 heavy (non-hydrogen) atoms. The number of ether oxygens (including phenoxy) is 2. The monoisotopic (exact) mass is 129 g/mol. The van der Waals surface area contributed by atoms with E-state index >= 15 is 0 Å². The molecule has 2 aliphatic heterocycles. The first-order valence-electron chi connectivity index (χ1n) is 3.42. The molecule has 0 amide bonds. The summed E-state index contributed by atoms with van der Waals surface area (Å²) < 4.78 is 10.4. The zero-order valence-electron chi connectivity index (χ0n) is 5.30. The van der Waals surface area contributed by atoms with Crippen molar-refractivity contribution in [1.82, 2.24) is 5.32 Å². The van der Waals surface area contributed by atoms with Crippen LogP contribution in [0.1, 0.15) is 6.42 Å². The molecule has 0 aliphatic carbocycles. The summed E-state index contributed by atoms with van der Waals surface area (Å²) in [6.45, 7) is 2.79. The highest BCUT2D eigenvalue weighted by Gasteiger charge is 2.28. The van der Waals surface area contributed by atoms with Crippen molar-refractivity contribution in [2.24, 2.45) is 0 Å². The van der Waals surface area contributed by atoms with Crippen LogP contribution in [0.25, 0.3) is 0 Å². The number of rotatable bonds is 2. The van der Waals surface area contributed by atoms with Crippen molar-refractivity contribution in [1.29, 1.82) is 0 Å². The van der Waals surface area contributed by atoms with Crippen molar-refractivity contribution < 1.29 is 9.47 Å². The minimum Gasteiger partial charge on any atom is -0.373 e. The maximum atomic E-state index is 5.31. The lowest BCUT2D eigenvalue weighted by Gasteiger charge is -2.05. The van der Waals surface area contributed by atoms with Gasteiger partial charge in [-0.15, -0.1) is 0 Å². The molecule has 2 atom stereocenters. The Morgan fingerprint density at radius 2 is 2.33 bits per heavy atom.